The van der Waals surface area contributed by atoms with Gasteiger partial charge in [-0.2, -0.15) is 0 Å². The molecule has 4 aromatic rings. The van der Waals surface area contributed by atoms with Crippen LogP contribution in [-0.4, -0.2) is 28.5 Å². The molecule has 0 atom stereocenters. The molecule has 40 heavy (non-hydrogen) atoms. The molecule has 0 saturated carbocycles. The normalized spacial score (nSPS) is 11.2. The van der Waals surface area contributed by atoms with Gasteiger partial charge in [0.15, 0.2) is 23.1 Å². The molecule has 0 saturated heterocycles. The number of rotatable bonds is 10. The summed E-state index contributed by atoms with van der Waals surface area (Å²) in [5, 5.41) is 4.68. The lowest BCUT2D eigenvalue weighted by Gasteiger charge is -2.33. The lowest BCUT2D eigenvalue weighted by molar-refractivity contribution is 0.100. The van der Waals surface area contributed by atoms with Gasteiger partial charge >= 0.3 is 0 Å². The van der Waals surface area contributed by atoms with Crippen LogP contribution in [0.5, 0.6) is 0 Å². The summed E-state index contributed by atoms with van der Waals surface area (Å²) in [5.74, 6) is 0.0856. The Bertz CT molecular complexity index is 1300. The molecule has 4 aromatic carbocycles. The third kappa shape index (κ3) is 6.58. The third-order valence-electron chi connectivity index (χ3n) is 6.96. The summed E-state index contributed by atoms with van der Waals surface area (Å²) in [6, 6.07) is 31.4. The molecule has 6 heteroatoms. The first-order chi connectivity index (χ1) is 19.1. The van der Waals surface area contributed by atoms with Crippen molar-refractivity contribution >= 4 is 60.2 Å². The van der Waals surface area contributed by atoms with E-state index in [0.717, 1.165) is 21.2 Å². The fourth-order valence-corrected chi connectivity index (χ4v) is 11.4. The van der Waals surface area contributed by atoms with Crippen molar-refractivity contribution in [2.75, 3.05) is 0 Å². The van der Waals surface area contributed by atoms with Crippen LogP contribution >= 0.6 is 15.8 Å². The molecule has 0 radical (unpaired) electrons. The molecule has 4 nitrogen and oxygen atoms in total. The van der Waals surface area contributed by atoms with Gasteiger partial charge in [0, 0.05) is 27.7 Å². The van der Waals surface area contributed by atoms with Crippen LogP contribution in [0.1, 0.15) is 76.1 Å². The van der Waals surface area contributed by atoms with E-state index in [1.54, 1.807) is 27.7 Å². The number of carbonyl (C=O) groups is 4. The van der Waals surface area contributed by atoms with Gasteiger partial charge in [0.1, 0.15) is 0 Å². The summed E-state index contributed by atoms with van der Waals surface area (Å²) in [5.41, 5.74) is 2.67. The zero-order chi connectivity index (χ0) is 29.0. The fraction of sp³-hybridized carbons (Fsp3) is 0.176. The van der Waals surface area contributed by atoms with Crippen molar-refractivity contribution < 1.29 is 19.2 Å². The molecule has 0 aliphatic rings. The van der Waals surface area contributed by atoms with E-state index in [-0.39, 0.29) is 28.5 Å². The van der Waals surface area contributed by atoms with Gasteiger partial charge in [-0.15, -0.1) is 0 Å². The average Bonchev–Trinajstić information content (AvgIpc) is 2.94. The Labute approximate surface area is 238 Å². The van der Waals surface area contributed by atoms with Gasteiger partial charge in [0.25, 0.3) is 0 Å². The molecule has 0 aromatic heterocycles. The lowest BCUT2D eigenvalue weighted by atomic mass is 10.1. The third-order valence-corrected chi connectivity index (χ3v) is 13.3. The quantitative estimate of drug-likeness (QED) is 0.164. The van der Waals surface area contributed by atoms with E-state index in [0.29, 0.717) is 22.3 Å². The summed E-state index contributed by atoms with van der Waals surface area (Å²) in [4.78, 5) is 48.0. The summed E-state index contributed by atoms with van der Waals surface area (Å²) >= 11 is 0. The molecule has 0 spiro atoms. The molecule has 0 aliphatic carbocycles. The van der Waals surface area contributed by atoms with Gasteiger partial charge in [-0.05, 0) is 64.8 Å². The van der Waals surface area contributed by atoms with Crippen LogP contribution in [0.3, 0.4) is 0 Å². The minimum Gasteiger partial charge on any atom is -0.295 e. The fourth-order valence-electron chi connectivity index (χ4n) is 4.70. The van der Waals surface area contributed by atoms with Gasteiger partial charge in [-0.3, -0.25) is 19.2 Å². The lowest BCUT2D eigenvalue weighted by Crippen LogP contribution is -2.26. The van der Waals surface area contributed by atoms with Crippen LogP contribution in [0.2, 0.25) is 0 Å². The van der Waals surface area contributed by atoms with E-state index in [9.17, 15) is 19.2 Å². The van der Waals surface area contributed by atoms with Crippen LogP contribution in [0.25, 0.3) is 0 Å². The van der Waals surface area contributed by atoms with Crippen LogP contribution in [0.15, 0.2) is 97.1 Å². The van der Waals surface area contributed by atoms with Crippen molar-refractivity contribution in [3.05, 3.63) is 119 Å². The number of hydrogen-bond donors (Lipinski definition) is 0. The second-order valence-electron chi connectivity index (χ2n) is 9.78. The Hall–Kier alpha value is -3.58. The minimum absolute atomic E-state index is 0.0214. The first-order valence-electron chi connectivity index (χ1n) is 13.1. The molecule has 0 amide bonds. The predicted molar refractivity (Wildman–Crippen MR) is 168 cm³/mol. The first-order valence-corrected chi connectivity index (χ1v) is 15.9. The summed E-state index contributed by atoms with van der Waals surface area (Å²) in [6.07, 6.45) is 0. The molecular weight excluding hydrogens is 534 g/mol. The highest BCUT2D eigenvalue weighted by molar-refractivity contribution is 7.89. The maximum Gasteiger partial charge on any atom is 0.159 e. The van der Waals surface area contributed by atoms with Crippen molar-refractivity contribution in [1.29, 1.82) is 0 Å². The maximum absolute atomic E-state index is 12.0. The van der Waals surface area contributed by atoms with Crippen LogP contribution in [-0.2, 0) is 0 Å². The Balaban J connectivity index is 1.88. The van der Waals surface area contributed by atoms with Crippen molar-refractivity contribution in [2.45, 2.75) is 40.0 Å². The molecule has 4 rings (SSSR count). The number of benzene rings is 4. The number of hydrogen-bond acceptors (Lipinski definition) is 4. The standard InChI is InChI=1S/C34H32O4P2/c1-22(35)27-6-14-31(15-7-27)39(32-16-8-28(9-17-32)23(2)36)26(5)40(33-18-10-29(11-19-33)24(3)37)34-20-12-30(13-21-34)25(4)38/h6-21,26H,1-5H3. The number of ketones is 4. The van der Waals surface area contributed by atoms with Gasteiger partial charge in [0.2, 0.25) is 0 Å². The van der Waals surface area contributed by atoms with Crippen LogP contribution in [0, 0.1) is 0 Å². The van der Waals surface area contributed by atoms with E-state index in [1.165, 1.54) is 0 Å². The maximum atomic E-state index is 12.0. The van der Waals surface area contributed by atoms with E-state index in [4.69, 9.17) is 0 Å². The molecule has 202 valence electrons. The molecule has 0 aliphatic heterocycles. The van der Waals surface area contributed by atoms with Crippen LogP contribution < -0.4 is 21.2 Å². The zero-order valence-electron chi connectivity index (χ0n) is 23.3. The summed E-state index contributed by atoms with van der Waals surface area (Å²) in [6.45, 7) is 8.52. The molecule has 0 unspecified atom stereocenters. The average molecular weight is 567 g/mol. The van der Waals surface area contributed by atoms with E-state index < -0.39 is 15.8 Å². The minimum atomic E-state index is -0.930. The number of carbonyl (C=O) groups excluding carboxylic acids is 4. The molecule has 0 bridgehead atoms. The van der Waals surface area contributed by atoms with E-state index in [1.807, 2.05) is 97.1 Å². The smallest absolute Gasteiger partial charge is 0.159 e. The summed E-state index contributed by atoms with van der Waals surface area (Å²) in [7, 11) is -1.86. The second kappa shape index (κ2) is 12.7. The first kappa shape index (κ1) is 29.4. The van der Waals surface area contributed by atoms with Crippen molar-refractivity contribution in [3.63, 3.8) is 0 Å². The highest BCUT2D eigenvalue weighted by atomic mass is 31.2. The van der Waals surface area contributed by atoms with Crippen molar-refractivity contribution in [3.8, 4) is 0 Å². The molecular formula is C34H32O4P2. The van der Waals surface area contributed by atoms with E-state index in [2.05, 4.69) is 6.92 Å². The Morgan fingerprint density at radius 1 is 0.400 bits per heavy atom. The van der Waals surface area contributed by atoms with Gasteiger partial charge < -0.3 is 0 Å². The highest BCUT2D eigenvalue weighted by Gasteiger charge is 2.31. The van der Waals surface area contributed by atoms with Gasteiger partial charge in [-0.1, -0.05) is 104 Å². The monoisotopic (exact) mass is 566 g/mol. The topological polar surface area (TPSA) is 68.3 Å². The largest absolute Gasteiger partial charge is 0.295 e. The predicted octanol–water partition coefficient (Wildman–Crippen LogP) is 6.41. The molecule has 0 heterocycles. The Morgan fingerprint density at radius 2 is 0.575 bits per heavy atom. The molecule has 0 N–H and O–H groups in total. The van der Waals surface area contributed by atoms with E-state index >= 15 is 0 Å². The Kier molecular flexibility index (Phi) is 9.36. The zero-order valence-corrected chi connectivity index (χ0v) is 25.1. The summed E-state index contributed by atoms with van der Waals surface area (Å²) < 4.78 is 0. The SMILES string of the molecule is CC(=O)c1ccc(P(c2ccc(C(C)=O)cc2)C(C)P(c2ccc(C(C)=O)cc2)c2ccc(C(C)=O)cc2)cc1. The van der Waals surface area contributed by atoms with Gasteiger partial charge in [-0.25, -0.2) is 0 Å². The highest BCUT2D eigenvalue weighted by Crippen LogP contribution is 2.56. The second-order valence-corrected chi connectivity index (χ2v) is 15.3. The molecule has 0 fully saturated rings. The van der Waals surface area contributed by atoms with Crippen LogP contribution in [0.4, 0.5) is 0 Å². The Morgan fingerprint density at radius 3 is 0.725 bits per heavy atom. The van der Waals surface area contributed by atoms with Crippen molar-refractivity contribution in [1.82, 2.24) is 0 Å². The van der Waals surface area contributed by atoms with Crippen molar-refractivity contribution in [2.24, 2.45) is 0 Å². The van der Waals surface area contributed by atoms with Gasteiger partial charge in [0.05, 0.1) is 0 Å². The number of Topliss-reactive ketones (excluding diaryl/α,β-unsaturated/α-hetero) is 4.